The van der Waals surface area contributed by atoms with E-state index in [0.29, 0.717) is 19.5 Å². The van der Waals surface area contributed by atoms with Crippen molar-refractivity contribution in [3.63, 3.8) is 0 Å². The van der Waals surface area contributed by atoms with Crippen molar-refractivity contribution in [2.24, 2.45) is 16.3 Å². The fraction of sp³-hybridized carbons (Fsp3) is 0.889. The van der Waals surface area contributed by atoms with Crippen molar-refractivity contribution in [1.82, 2.24) is 15.5 Å². The predicted octanol–water partition coefficient (Wildman–Crippen LogP) is 1.26. The van der Waals surface area contributed by atoms with Gasteiger partial charge in [0.05, 0.1) is 5.75 Å². The van der Waals surface area contributed by atoms with Crippen LogP contribution in [0.15, 0.2) is 4.99 Å². The minimum atomic E-state index is -2.96. The van der Waals surface area contributed by atoms with E-state index >= 15 is 0 Å². The van der Waals surface area contributed by atoms with Crippen LogP contribution in [0.3, 0.4) is 0 Å². The summed E-state index contributed by atoms with van der Waals surface area (Å²) >= 11 is 0. The Kier molecular flexibility index (Phi) is 8.37. The highest BCUT2D eigenvalue weighted by molar-refractivity contribution is 7.90. The van der Waals surface area contributed by atoms with Gasteiger partial charge in [-0.05, 0) is 25.2 Å². The molecule has 2 N–H and O–H groups in total. The number of likely N-dealkylation sites (tertiary alicyclic amines) is 1. The highest BCUT2D eigenvalue weighted by atomic mass is 32.2. The maximum Gasteiger partial charge on any atom is 0.225 e. The summed E-state index contributed by atoms with van der Waals surface area (Å²) in [5.41, 5.74) is -0.194. The molecule has 0 saturated carbocycles. The van der Waals surface area contributed by atoms with Crippen LogP contribution in [0.1, 0.15) is 47.5 Å². The summed E-state index contributed by atoms with van der Waals surface area (Å²) in [6, 6.07) is 0.189. The third kappa shape index (κ3) is 8.38. The van der Waals surface area contributed by atoms with Gasteiger partial charge in [0, 0.05) is 44.4 Å². The van der Waals surface area contributed by atoms with Gasteiger partial charge in [0.15, 0.2) is 5.96 Å². The summed E-state index contributed by atoms with van der Waals surface area (Å²) in [7, 11) is -2.96. The monoisotopic (exact) mass is 388 g/mol. The van der Waals surface area contributed by atoms with Crippen LogP contribution in [-0.4, -0.2) is 69.4 Å². The highest BCUT2D eigenvalue weighted by Gasteiger charge is 2.28. The number of aliphatic imine (C=N–C) groups is 1. The summed E-state index contributed by atoms with van der Waals surface area (Å²) in [6.07, 6.45) is 2.75. The summed E-state index contributed by atoms with van der Waals surface area (Å²) < 4.78 is 22.8. The lowest BCUT2D eigenvalue weighted by Gasteiger charge is -2.24. The first kappa shape index (κ1) is 22.7. The van der Waals surface area contributed by atoms with Crippen LogP contribution in [-0.2, 0) is 14.6 Å². The van der Waals surface area contributed by atoms with Gasteiger partial charge in [-0.3, -0.25) is 9.79 Å². The van der Waals surface area contributed by atoms with Gasteiger partial charge in [-0.2, -0.15) is 0 Å². The maximum atomic E-state index is 12.1. The average Bonchev–Trinajstić information content (AvgIpc) is 2.98. The van der Waals surface area contributed by atoms with Crippen LogP contribution < -0.4 is 10.6 Å². The molecule has 8 heteroatoms. The van der Waals surface area contributed by atoms with Crippen molar-refractivity contribution in [2.75, 3.05) is 38.2 Å². The zero-order valence-electron chi connectivity index (χ0n) is 17.1. The quantitative estimate of drug-likeness (QED) is 0.482. The van der Waals surface area contributed by atoms with Gasteiger partial charge in [0.2, 0.25) is 5.91 Å². The third-order valence-corrected chi connectivity index (χ3v) is 5.44. The van der Waals surface area contributed by atoms with Gasteiger partial charge in [-0.25, -0.2) is 8.42 Å². The van der Waals surface area contributed by atoms with E-state index < -0.39 is 9.84 Å². The number of guanidine groups is 1. The van der Waals surface area contributed by atoms with Crippen molar-refractivity contribution in [1.29, 1.82) is 0 Å². The molecule has 1 rings (SSSR count). The highest BCUT2D eigenvalue weighted by Crippen LogP contribution is 2.21. The largest absolute Gasteiger partial charge is 0.357 e. The minimum absolute atomic E-state index is 0.0197. The molecule has 0 aromatic heterocycles. The molecule has 1 fully saturated rings. The second kappa shape index (κ2) is 9.58. The van der Waals surface area contributed by atoms with Crippen molar-refractivity contribution in [3.8, 4) is 0 Å². The van der Waals surface area contributed by atoms with Crippen molar-refractivity contribution < 1.29 is 13.2 Å². The standard InChI is InChI=1S/C18H36N4O3S/c1-7-19-17(20-13-18(4,5)9-11-26(6,24)25)21-15-8-10-22(12-15)16(23)14(2)3/h14-15H,7-13H2,1-6H3,(H2,19,20,21). The van der Waals surface area contributed by atoms with Crippen LogP contribution in [0.25, 0.3) is 0 Å². The Bertz CT molecular complexity index is 600. The molecule has 1 heterocycles. The molecule has 26 heavy (non-hydrogen) atoms. The Hall–Kier alpha value is -1.31. The summed E-state index contributed by atoms with van der Waals surface area (Å²) in [5.74, 6) is 1.11. The molecule has 1 unspecified atom stereocenters. The fourth-order valence-electron chi connectivity index (χ4n) is 2.79. The van der Waals surface area contributed by atoms with E-state index in [2.05, 4.69) is 15.6 Å². The Balaban J connectivity index is 2.62. The zero-order valence-corrected chi connectivity index (χ0v) is 17.9. The van der Waals surface area contributed by atoms with E-state index in [9.17, 15) is 13.2 Å². The molecule has 0 aromatic rings. The molecular weight excluding hydrogens is 352 g/mol. The van der Waals surface area contributed by atoms with E-state index in [-0.39, 0.29) is 29.0 Å². The summed E-state index contributed by atoms with van der Waals surface area (Å²) in [6.45, 7) is 12.7. The Labute approximate surface area is 158 Å². The van der Waals surface area contributed by atoms with Gasteiger partial charge in [-0.15, -0.1) is 0 Å². The zero-order chi connectivity index (χ0) is 20.0. The predicted molar refractivity (Wildman–Crippen MR) is 107 cm³/mol. The number of carbonyl (C=O) groups excluding carboxylic acids is 1. The Morgan fingerprint density at radius 2 is 2.00 bits per heavy atom. The van der Waals surface area contributed by atoms with Crippen molar-refractivity contribution >= 4 is 21.7 Å². The second-order valence-electron chi connectivity index (χ2n) is 8.31. The van der Waals surface area contributed by atoms with E-state index in [1.54, 1.807) is 0 Å². The molecule has 0 aromatic carbocycles. The average molecular weight is 389 g/mol. The van der Waals surface area contributed by atoms with Crippen LogP contribution >= 0.6 is 0 Å². The number of rotatable bonds is 8. The van der Waals surface area contributed by atoms with Crippen LogP contribution in [0.4, 0.5) is 0 Å². The van der Waals surface area contributed by atoms with E-state index in [1.807, 2.05) is 39.5 Å². The lowest BCUT2D eigenvalue weighted by molar-refractivity contribution is -0.133. The molecule has 0 radical (unpaired) electrons. The first-order chi connectivity index (χ1) is 11.9. The Morgan fingerprint density at radius 3 is 2.54 bits per heavy atom. The molecule has 7 nitrogen and oxygen atoms in total. The lowest BCUT2D eigenvalue weighted by Crippen LogP contribution is -2.45. The number of sulfone groups is 1. The summed E-state index contributed by atoms with van der Waals surface area (Å²) in [5, 5.41) is 6.65. The SMILES string of the molecule is CCNC(=NCC(C)(C)CCS(C)(=O)=O)NC1CCN(C(=O)C(C)C)C1. The number of hydrogen-bond acceptors (Lipinski definition) is 4. The molecular formula is C18H36N4O3S. The molecule has 152 valence electrons. The molecule has 0 spiro atoms. The maximum absolute atomic E-state index is 12.1. The van der Waals surface area contributed by atoms with Gasteiger partial charge in [0.25, 0.3) is 0 Å². The van der Waals surface area contributed by atoms with Crippen LogP contribution in [0.5, 0.6) is 0 Å². The first-order valence-corrected chi connectivity index (χ1v) is 11.5. The fourth-order valence-corrected chi connectivity index (χ4v) is 3.71. The summed E-state index contributed by atoms with van der Waals surface area (Å²) in [4.78, 5) is 18.7. The van der Waals surface area contributed by atoms with E-state index in [4.69, 9.17) is 0 Å². The normalized spacial score (nSPS) is 19.1. The number of carbonyl (C=O) groups is 1. The van der Waals surface area contributed by atoms with E-state index in [1.165, 1.54) is 6.26 Å². The van der Waals surface area contributed by atoms with Crippen LogP contribution in [0.2, 0.25) is 0 Å². The topological polar surface area (TPSA) is 90.9 Å². The molecule has 1 atom stereocenters. The van der Waals surface area contributed by atoms with Gasteiger partial charge in [0.1, 0.15) is 9.84 Å². The molecule has 1 aliphatic rings. The third-order valence-electron chi connectivity index (χ3n) is 4.49. The number of hydrogen-bond donors (Lipinski definition) is 2. The van der Waals surface area contributed by atoms with Gasteiger partial charge >= 0.3 is 0 Å². The number of amides is 1. The molecule has 0 aliphatic carbocycles. The number of nitrogens with one attached hydrogen (secondary N) is 2. The number of nitrogens with zero attached hydrogens (tertiary/aromatic N) is 2. The molecule has 0 bridgehead atoms. The Morgan fingerprint density at radius 1 is 1.35 bits per heavy atom. The smallest absolute Gasteiger partial charge is 0.225 e. The first-order valence-electron chi connectivity index (χ1n) is 9.45. The second-order valence-corrected chi connectivity index (χ2v) is 10.6. The molecule has 1 amide bonds. The molecule has 1 saturated heterocycles. The lowest BCUT2D eigenvalue weighted by atomic mass is 9.90. The van der Waals surface area contributed by atoms with Gasteiger partial charge in [-0.1, -0.05) is 27.7 Å². The molecule has 1 aliphatic heterocycles. The van der Waals surface area contributed by atoms with E-state index in [0.717, 1.165) is 25.5 Å². The minimum Gasteiger partial charge on any atom is -0.357 e. The van der Waals surface area contributed by atoms with Crippen molar-refractivity contribution in [3.05, 3.63) is 0 Å². The van der Waals surface area contributed by atoms with Crippen molar-refractivity contribution in [2.45, 2.75) is 53.5 Å². The van der Waals surface area contributed by atoms with Gasteiger partial charge < -0.3 is 15.5 Å². The van der Waals surface area contributed by atoms with Crippen LogP contribution in [0, 0.1) is 11.3 Å².